The molecule has 1 amide bonds. The van der Waals surface area contributed by atoms with Crippen LogP contribution in [0.3, 0.4) is 0 Å². The first-order valence-electron chi connectivity index (χ1n) is 8.94. The first-order chi connectivity index (χ1) is 12.8. The Hall–Kier alpha value is -2.83. The molecule has 1 aliphatic heterocycles. The second kappa shape index (κ2) is 7.42. The molecule has 2 heterocycles. The molecule has 0 bridgehead atoms. The van der Waals surface area contributed by atoms with E-state index >= 15 is 0 Å². The van der Waals surface area contributed by atoms with Crippen LogP contribution < -0.4 is 14.8 Å². The van der Waals surface area contributed by atoms with Gasteiger partial charge in [-0.15, -0.1) is 0 Å². The third kappa shape index (κ3) is 4.30. The monoisotopic (exact) mass is 370 g/mol. The van der Waals surface area contributed by atoms with Crippen molar-refractivity contribution in [1.82, 2.24) is 14.9 Å². The average molecular weight is 370 g/mol. The van der Waals surface area contributed by atoms with Crippen molar-refractivity contribution in [3.8, 4) is 11.5 Å². The average Bonchev–Trinajstić information content (AvgIpc) is 2.64. The third-order valence-corrected chi connectivity index (χ3v) is 4.39. The summed E-state index contributed by atoms with van der Waals surface area (Å²) < 4.78 is 10.8. The predicted molar refractivity (Wildman–Crippen MR) is 103 cm³/mol. The number of benzene rings is 1. The molecule has 0 saturated heterocycles. The number of hydrogen-bond donors (Lipinski definition) is 1. The lowest BCUT2D eigenvalue weighted by Crippen LogP contribution is -2.36. The SMILES string of the molecule is COc1cc2c(cc1OC)CN(C(=O)c1cc(NC(C)(C)C)ncn1)CC2. The largest absolute Gasteiger partial charge is 0.493 e. The van der Waals surface area contributed by atoms with E-state index in [9.17, 15) is 4.79 Å². The Bertz CT molecular complexity index is 846. The molecular weight excluding hydrogens is 344 g/mol. The fourth-order valence-electron chi connectivity index (χ4n) is 3.15. The molecule has 0 spiro atoms. The van der Waals surface area contributed by atoms with Crippen LogP contribution in [0, 0.1) is 0 Å². The Morgan fingerprint density at radius 2 is 1.74 bits per heavy atom. The molecule has 1 N–H and O–H groups in total. The lowest BCUT2D eigenvalue weighted by molar-refractivity contribution is 0.0728. The van der Waals surface area contributed by atoms with E-state index in [0.717, 1.165) is 12.0 Å². The number of ether oxygens (including phenoxy) is 2. The van der Waals surface area contributed by atoms with Gasteiger partial charge in [0.15, 0.2) is 11.5 Å². The maximum absolute atomic E-state index is 13.0. The van der Waals surface area contributed by atoms with Crippen molar-refractivity contribution < 1.29 is 14.3 Å². The van der Waals surface area contributed by atoms with Crippen LogP contribution in [0.15, 0.2) is 24.5 Å². The summed E-state index contributed by atoms with van der Waals surface area (Å²) in [6, 6.07) is 5.64. The van der Waals surface area contributed by atoms with Crippen LogP contribution >= 0.6 is 0 Å². The number of aromatic nitrogens is 2. The van der Waals surface area contributed by atoms with Gasteiger partial charge in [0.05, 0.1) is 14.2 Å². The molecule has 3 rings (SSSR count). The van der Waals surface area contributed by atoms with Crippen LogP contribution in [0.2, 0.25) is 0 Å². The van der Waals surface area contributed by atoms with E-state index in [1.165, 1.54) is 11.9 Å². The number of carbonyl (C=O) groups excluding carboxylic acids is 1. The van der Waals surface area contributed by atoms with Crippen LogP contribution in [0.4, 0.5) is 5.82 Å². The van der Waals surface area contributed by atoms with Gasteiger partial charge in [0.2, 0.25) is 0 Å². The number of anilines is 1. The first kappa shape index (κ1) is 18.9. The summed E-state index contributed by atoms with van der Waals surface area (Å²) in [4.78, 5) is 23.1. The van der Waals surface area contributed by atoms with Crippen LogP contribution in [0.5, 0.6) is 11.5 Å². The first-order valence-corrected chi connectivity index (χ1v) is 8.94. The summed E-state index contributed by atoms with van der Waals surface area (Å²) in [6.07, 6.45) is 2.19. The molecule has 2 aromatic rings. The van der Waals surface area contributed by atoms with Gasteiger partial charge < -0.3 is 19.7 Å². The van der Waals surface area contributed by atoms with Crippen molar-refractivity contribution in [2.24, 2.45) is 0 Å². The minimum atomic E-state index is -0.144. The molecule has 144 valence electrons. The van der Waals surface area contributed by atoms with Crippen molar-refractivity contribution in [3.63, 3.8) is 0 Å². The molecule has 0 atom stereocenters. The quantitative estimate of drug-likeness (QED) is 0.892. The highest BCUT2D eigenvalue weighted by Gasteiger charge is 2.25. The standard InChI is InChI=1S/C20H26N4O3/c1-20(2,3)23-18-10-15(21-12-22-18)19(25)24-7-6-13-8-16(26-4)17(27-5)9-14(13)11-24/h8-10,12H,6-7,11H2,1-5H3,(H,21,22,23). The summed E-state index contributed by atoms with van der Waals surface area (Å²) in [5, 5.41) is 3.27. The zero-order valence-corrected chi connectivity index (χ0v) is 16.5. The summed E-state index contributed by atoms with van der Waals surface area (Å²) >= 11 is 0. The number of rotatable bonds is 4. The van der Waals surface area contributed by atoms with E-state index in [1.807, 2.05) is 32.9 Å². The number of methoxy groups -OCH3 is 2. The van der Waals surface area contributed by atoms with Gasteiger partial charge in [-0.3, -0.25) is 4.79 Å². The normalized spacial score (nSPS) is 13.7. The maximum atomic E-state index is 13.0. The van der Waals surface area contributed by atoms with E-state index in [1.54, 1.807) is 25.2 Å². The van der Waals surface area contributed by atoms with Gasteiger partial charge in [-0.1, -0.05) is 0 Å². The van der Waals surface area contributed by atoms with Gasteiger partial charge in [0.25, 0.3) is 5.91 Å². The topological polar surface area (TPSA) is 76.6 Å². The smallest absolute Gasteiger partial charge is 0.272 e. The van der Waals surface area contributed by atoms with Crippen molar-refractivity contribution in [3.05, 3.63) is 41.3 Å². The predicted octanol–water partition coefficient (Wildman–Crippen LogP) is 2.90. The van der Waals surface area contributed by atoms with Crippen molar-refractivity contribution >= 4 is 11.7 Å². The molecule has 1 aromatic carbocycles. The van der Waals surface area contributed by atoms with Crippen LogP contribution in [-0.2, 0) is 13.0 Å². The number of nitrogens with one attached hydrogen (secondary N) is 1. The van der Waals surface area contributed by atoms with Crippen LogP contribution in [0.25, 0.3) is 0 Å². The Morgan fingerprint density at radius 3 is 2.37 bits per heavy atom. The minimum Gasteiger partial charge on any atom is -0.493 e. The molecule has 0 aliphatic carbocycles. The van der Waals surface area contributed by atoms with E-state index in [-0.39, 0.29) is 11.4 Å². The van der Waals surface area contributed by atoms with Gasteiger partial charge in [-0.25, -0.2) is 9.97 Å². The molecule has 7 heteroatoms. The molecule has 1 aromatic heterocycles. The van der Waals surface area contributed by atoms with Gasteiger partial charge in [-0.2, -0.15) is 0 Å². The molecule has 7 nitrogen and oxygen atoms in total. The lowest BCUT2D eigenvalue weighted by atomic mass is 9.98. The summed E-state index contributed by atoms with van der Waals surface area (Å²) in [5.41, 5.74) is 2.48. The second-order valence-corrected chi connectivity index (χ2v) is 7.62. The van der Waals surface area contributed by atoms with E-state index < -0.39 is 0 Å². The summed E-state index contributed by atoms with van der Waals surface area (Å²) in [7, 11) is 3.24. The van der Waals surface area contributed by atoms with Gasteiger partial charge in [0, 0.05) is 24.7 Å². The second-order valence-electron chi connectivity index (χ2n) is 7.62. The lowest BCUT2D eigenvalue weighted by Gasteiger charge is -2.29. The zero-order chi connectivity index (χ0) is 19.6. The van der Waals surface area contributed by atoms with E-state index in [2.05, 4.69) is 15.3 Å². The van der Waals surface area contributed by atoms with Crippen molar-refractivity contribution in [2.45, 2.75) is 39.3 Å². The van der Waals surface area contributed by atoms with Crippen molar-refractivity contribution in [2.75, 3.05) is 26.1 Å². The van der Waals surface area contributed by atoms with Gasteiger partial charge >= 0.3 is 0 Å². The van der Waals surface area contributed by atoms with E-state index in [4.69, 9.17) is 9.47 Å². The molecule has 27 heavy (non-hydrogen) atoms. The van der Waals surface area contributed by atoms with Gasteiger partial charge in [-0.05, 0) is 50.5 Å². The van der Waals surface area contributed by atoms with Gasteiger partial charge in [0.1, 0.15) is 17.8 Å². The number of amides is 1. The van der Waals surface area contributed by atoms with Crippen LogP contribution in [0.1, 0.15) is 42.4 Å². The molecule has 0 radical (unpaired) electrons. The molecule has 0 unspecified atom stereocenters. The fraction of sp³-hybridized carbons (Fsp3) is 0.450. The minimum absolute atomic E-state index is 0.102. The zero-order valence-electron chi connectivity index (χ0n) is 16.5. The molecule has 0 saturated carbocycles. The summed E-state index contributed by atoms with van der Waals surface area (Å²) in [5.74, 6) is 1.92. The highest BCUT2D eigenvalue weighted by atomic mass is 16.5. The fourth-order valence-corrected chi connectivity index (χ4v) is 3.15. The number of fused-ring (bicyclic) bond motifs is 1. The number of nitrogens with zero attached hydrogens (tertiary/aromatic N) is 3. The maximum Gasteiger partial charge on any atom is 0.272 e. The number of hydrogen-bond acceptors (Lipinski definition) is 6. The number of carbonyl (C=O) groups is 1. The highest BCUT2D eigenvalue weighted by Crippen LogP contribution is 2.33. The Morgan fingerprint density at radius 1 is 1.07 bits per heavy atom. The third-order valence-electron chi connectivity index (χ3n) is 4.39. The Kier molecular flexibility index (Phi) is 5.21. The van der Waals surface area contributed by atoms with E-state index in [0.29, 0.717) is 36.1 Å². The Balaban J connectivity index is 1.81. The molecular formula is C20H26N4O3. The Labute approximate surface area is 159 Å². The molecule has 1 aliphatic rings. The summed E-state index contributed by atoms with van der Waals surface area (Å²) in [6.45, 7) is 7.27. The van der Waals surface area contributed by atoms with Crippen molar-refractivity contribution in [1.29, 1.82) is 0 Å². The molecule has 0 fully saturated rings. The van der Waals surface area contributed by atoms with Crippen LogP contribution in [-0.4, -0.2) is 47.1 Å². The highest BCUT2D eigenvalue weighted by molar-refractivity contribution is 5.93.